The number of fused-ring (bicyclic) bond motifs is 9. The number of benzene rings is 7. The molecule has 1 aliphatic carbocycles. The van der Waals surface area contributed by atoms with E-state index in [0.717, 1.165) is 33.6 Å². The molecule has 2 aliphatic rings. The van der Waals surface area contributed by atoms with Crippen LogP contribution in [-0.2, 0) is 5.41 Å². The minimum Gasteiger partial charge on any atom is -0.228 e. The smallest absolute Gasteiger partial charge is 0.160 e. The van der Waals surface area contributed by atoms with Crippen LogP contribution in [0.1, 0.15) is 22.3 Å². The van der Waals surface area contributed by atoms with Crippen molar-refractivity contribution in [2.45, 2.75) is 15.2 Å². The fourth-order valence-corrected chi connectivity index (χ4v) is 9.14. The van der Waals surface area contributed by atoms with Crippen LogP contribution >= 0.6 is 11.8 Å². The zero-order valence-electron chi connectivity index (χ0n) is 27.1. The third-order valence-electron chi connectivity index (χ3n) is 10.2. The van der Waals surface area contributed by atoms with Gasteiger partial charge in [-0.25, -0.2) is 9.97 Å². The third kappa shape index (κ3) is 4.44. The van der Waals surface area contributed by atoms with Crippen LogP contribution in [0.2, 0.25) is 0 Å². The van der Waals surface area contributed by atoms with Gasteiger partial charge in [0.05, 0.1) is 16.8 Å². The van der Waals surface area contributed by atoms with E-state index in [0.29, 0.717) is 5.82 Å². The van der Waals surface area contributed by atoms with E-state index in [1.54, 1.807) is 0 Å². The summed E-state index contributed by atoms with van der Waals surface area (Å²) in [5.74, 6) is 0.716. The van der Waals surface area contributed by atoms with Crippen molar-refractivity contribution in [3.63, 3.8) is 0 Å². The summed E-state index contributed by atoms with van der Waals surface area (Å²) < 4.78 is 0. The first kappa shape index (κ1) is 28.9. The highest BCUT2D eigenvalue weighted by molar-refractivity contribution is 7.99. The van der Waals surface area contributed by atoms with Gasteiger partial charge < -0.3 is 0 Å². The summed E-state index contributed by atoms with van der Waals surface area (Å²) in [6.45, 7) is 0. The van der Waals surface area contributed by atoms with Gasteiger partial charge in [0.15, 0.2) is 5.82 Å². The molecular weight excluding hydrogens is 625 g/mol. The minimum atomic E-state index is -0.454. The second-order valence-electron chi connectivity index (χ2n) is 12.9. The lowest BCUT2D eigenvalue weighted by Crippen LogP contribution is -2.32. The van der Waals surface area contributed by atoms with Crippen molar-refractivity contribution in [3.8, 4) is 56.2 Å². The quantitative estimate of drug-likeness (QED) is 0.189. The van der Waals surface area contributed by atoms with Crippen LogP contribution in [0.25, 0.3) is 56.2 Å². The lowest BCUT2D eigenvalue weighted by Gasteiger charge is -2.39. The number of nitrogens with zero attached hydrogens (tertiary/aromatic N) is 2. The Balaban J connectivity index is 1.21. The van der Waals surface area contributed by atoms with Crippen LogP contribution < -0.4 is 0 Å². The first-order valence-electron chi connectivity index (χ1n) is 17.0. The maximum atomic E-state index is 5.31. The van der Waals surface area contributed by atoms with Gasteiger partial charge in [-0.3, -0.25) is 0 Å². The zero-order valence-corrected chi connectivity index (χ0v) is 27.9. The molecule has 50 heavy (non-hydrogen) atoms. The number of rotatable bonds is 4. The Morgan fingerprint density at radius 2 is 0.880 bits per heavy atom. The Morgan fingerprint density at radius 1 is 0.340 bits per heavy atom. The van der Waals surface area contributed by atoms with Gasteiger partial charge in [-0.2, -0.15) is 0 Å². The summed E-state index contributed by atoms with van der Waals surface area (Å²) in [6, 6.07) is 65.4. The van der Waals surface area contributed by atoms with Gasteiger partial charge in [-0.05, 0) is 74.8 Å². The summed E-state index contributed by atoms with van der Waals surface area (Å²) in [6.07, 6.45) is 0. The molecule has 7 aromatic carbocycles. The molecule has 0 atom stereocenters. The molecule has 0 unspecified atom stereocenters. The van der Waals surface area contributed by atoms with E-state index in [1.165, 1.54) is 48.7 Å². The highest BCUT2D eigenvalue weighted by Gasteiger charge is 2.50. The van der Waals surface area contributed by atoms with Crippen molar-refractivity contribution in [1.82, 2.24) is 9.97 Å². The van der Waals surface area contributed by atoms with Gasteiger partial charge in [-0.15, -0.1) is 0 Å². The van der Waals surface area contributed by atoms with E-state index >= 15 is 0 Å². The SMILES string of the molecule is c1ccc(-c2cccc(-c3cc(-c4ccccc4)nc(-c4ccc5c(c4)C4(c6ccccc6S5)c5ccccc5-c5ccccc54)n3)c2)cc1. The van der Waals surface area contributed by atoms with Gasteiger partial charge in [0, 0.05) is 26.5 Å². The molecule has 0 radical (unpaired) electrons. The topological polar surface area (TPSA) is 25.8 Å². The second-order valence-corrected chi connectivity index (χ2v) is 14.0. The maximum absolute atomic E-state index is 5.31. The van der Waals surface area contributed by atoms with Gasteiger partial charge in [-0.1, -0.05) is 163 Å². The first-order chi connectivity index (χ1) is 24.8. The number of hydrogen-bond donors (Lipinski definition) is 0. The summed E-state index contributed by atoms with van der Waals surface area (Å²) >= 11 is 1.86. The maximum Gasteiger partial charge on any atom is 0.160 e. The molecule has 2 heterocycles. The van der Waals surface area contributed by atoms with Crippen LogP contribution in [-0.4, -0.2) is 9.97 Å². The van der Waals surface area contributed by atoms with E-state index in [1.807, 2.05) is 17.8 Å². The summed E-state index contributed by atoms with van der Waals surface area (Å²) in [7, 11) is 0. The second kappa shape index (κ2) is 11.5. The van der Waals surface area contributed by atoms with Crippen LogP contribution in [0, 0.1) is 0 Å². The van der Waals surface area contributed by atoms with Crippen molar-refractivity contribution in [2.75, 3.05) is 0 Å². The molecule has 0 saturated carbocycles. The summed E-state index contributed by atoms with van der Waals surface area (Å²) in [5.41, 5.74) is 14.7. The molecule has 0 amide bonds. The van der Waals surface area contributed by atoms with Crippen molar-refractivity contribution < 1.29 is 0 Å². The first-order valence-corrected chi connectivity index (χ1v) is 17.8. The summed E-state index contributed by atoms with van der Waals surface area (Å²) in [5, 5.41) is 0. The monoisotopic (exact) mass is 654 g/mol. The van der Waals surface area contributed by atoms with Crippen LogP contribution in [0.3, 0.4) is 0 Å². The fraction of sp³-hybridized carbons (Fsp3) is 0.0213. The molecule has 2 nitrogen and oxygen atoms in total. The zero-order chi connectivity index (χ0) is 33.1. The van der Waals surface area contributed by atoms with E-state index in [2.05, 4.69) is 176 Å². The Bertz CT molecular complexity index is 2530. The Kier molecular flexibility index (Phi) is 6.68. The van der Waals surface area contributed by atoms with Crippen LogP contribution in [0.5, 0.6) is 0 Å². The molecule has 0 bridgehead atoms. The molecule has 8 aromatic rings. The molecule has 1 aromatic heterocycles. The highest BCUT2D eigenvalue weighted by Crippen LogP contribution is 2.62. The number of aromatic nitrogens is 2. The van der Waals surface area contributed by atoms with Gasteiger partial charge in [0.1, 0.15) is 0 Å². The van der Waals surface area contributed by atoms with E-state index in [4.69, 9.17) is 9.97 Å². The van der Waals surface area contributed by atoms with Crippen LogP contribution in [0.15, 0.2) is 192 Å². The van der Waals surface area contributed by atoms with E-state index < -0.39 is 5.41 Å². The average molecular weight is 655 g/mol. The lowest BCUT2D eigenvalue weighted by molar-refractivity contribution is 0.722. The number of hydrogen-bond acceptors (Lipinski definition) is 3. The van der Waals surface area contributed by atoms with E-state index in [9.17, 15) is 0 Å². The highest BCUT2D eigenvalue weighted by atomic mass is 32.2. The van der Waals surface area contributed by atoms with E-state index in [-0.39, 0.29) is 0 Å². The van der Waals surface area contributed by atoms with Crippen molar-refractivity contribution >= 4 is 11.8 Å². The normalized spacial score (nSPS) is 13.3. The molecule has 0 fully saturated rings. The Morgan fingerprint density at radius 3 is 1.60 bits per heavy atom. The van der Waals surface area contributed by atoms with Crippen molar-refractivity contribution in [3.05, 3.63) is 204 Å². The molecule has 1 spiro atoms. The predicted octanol–water partition coefficient (Wildman–Crippen LogP) is 12.0. The third-order valence-corrected chi connectivity index (χ3v) is 11.3. The van der Waals surface area contributed by atoms with Gasteiger partial charge in [0.25, 0.3) is 0 Å². The fourth-order valence-electron chi connectivity index (χ4n) is 7.97. The molecular formula is C47H30N2S. The Hall–Kier alpha value is -6.03. The van der Waals surface area contributed by atoms with Gasteiger partial charge in [0.2, 0.25) is 0 Å². The van der Waals surface area contributed by atoms with Gasteiger partial charge >= 0.3 is 0 Å². The lowest BCUT2D eigenvalue weighted by atomic mass is 9.67. The van der Waals surface area contributed by atoms with Crippen molar-refractivity contribution in [2.24, 2.45) is 0 Å². The minimum absolute atomic E-state index is 0.454. The molecule has 1 aliphatic heterocycles. The Labute approximate surface area is 296 Å². The molecule has 10 rings (SSSR count). The molecule has 234 valence electrons. The molecule has 0 saturated heterocycles. The standard InChI is InChI=1S/C47H30N2S/c1-3-14-31(15-4-1)33-18-13-19-34(28-33)43-30-42(32-16-5-2-6-17-32)48-46(49-43)35-26-27-45-41(29-35)47(40-24-11-12-25-44(40)50-45)38-22-9-7-20-36(38)37-21-8-10-23-39(37)47/h1-30H. The molecule has 3 heteroatoms. The van der Waals surface area contributed by atoms with Crippen LogP contribution in [0.4, 0.5) is 0 Å². The average Bonchev–Trinajstić information content (AvgIpc) is 3.49. The molecule has 0 N–H and O–H groups in total. The largest absolute Gasteiger partial charge is 0.228 e. The predicted molar refractivity (Wildman–Crippen MR) is 205 cm³/mol. The summed E-state index contributed by atoms with van der Waals surface area (Å²) in [4.78, 5) is 13.1. The van der Waals surface area contributed by atoms with Crippen molar-refractivity contribution in [1.29, 1.82) is 0 Å².